The molecule has 0 aromatic heterocycles. The van der Waals surface area contributed by atoms with E-state index < -0.39 is 20.6 Å². The van der Waals surface area contributed by atoms with Crippen molar-refractivity contribution in [1.29, 1.82) is 0 Å². The molecular weight excluding hydrogens is 319 g/mol. The molecule has 2 aliphatic carbocycles. The molecule has 4 nitrogen and oxygen atoms in total. The summed E-state index contributed by atoms with van der Waals surface area (Å²) in [5.74, 6) is 0. The molecule has 0 amide bonds. The van der Waals surface area contributed by atoms with Crippen LogP contribution in [0.5, 0.6) is 0 Å². The monoisotopic (exact) mass is 326 g/mol. The molecule has 0 bridgehead atoms. The Morgan fingerprint density at radius 3 is 1.22 bits per heavy atom. The van der Waals surface area contributed by atoms with E-state index in [0.717, 1.165) is 0 Å². The van der Waals surface area contributed by atoms with E-state index in [9.17, 15) is 16.8 Å². The summed E-state index contributed by atoms with van der Waals surface area (Å²) < 4.78 is 42.9. The Hall–Kier alpha value is -1.08. The zero-order valence-electron chi connectivity index (χ0n) is 8.73. The molecule has 0 saturated heterocycles. The van der Waals surface area contributed by atoms with Gasteiger partial charge in [-0.3, -0.25) is 0 Å². The van der Waals surface area contributed by atoms with Crippen LogP contribution in [0, 0.1) is 0 Å². The van der Waals surface area contributed by atoms with Gasteiger partial charge in [0.05, 0.1) is 9.73 Å². The predicted octanol–water partition coefficient (Wildman–Crippen LogP) is 0.925. The molecule has 0 spiro atoms. The van der Waals surface area contributed by atoms with Crippen molar-refractivity contribution >= 4 is 55.1 Å². The molecule has 0 saturated carbocycles. The summed E-state index contributed by atoms with van der Waals surface area (Å²) in [5.41, 5.74) is 1.38. The lowest BCUT2D eigenvalue weighted by Crippen LogP contribution is -2.05. The highest BCUT2D eigenvalue weighted by Gasteiger charge is 2.12. The molecule has 0 atom stereocenters. The van der Waals surface area contributed by atoms with Crippen LogP contribution in [0.1, 0.15) is 0 Å². The van der Waals surface area contributed by atoms with Crippen molar-refractivity contribution in [3.05, 3.63) is 47.6 Å². The molecule has 18 heavy (non-hydrogen) atoms. The van der Waals surface area contributed by atoms with Gasteiger partial charge in [-0.2, -0.15) is 16.8 Å². The summed E-state index contributed by atoms with van der Waals surface area (Å²) in [5, 5.41) is 0. The molecule has 0 aromatic carbocycles. The van der Waals surface area contributed by atoms with Gasteiger partial charge in [0.25, 0.3) is 0 Å². The fraction of sp³-hybridized carbons (Fsp3) is 0. The van der Waals surface area contributed by atoms with Gasteiger partial charge in [-0.25, -0.2) is 0 Å². The van der Waals surface area contributed by atoms with Crippen LogP contribution in [-0.2, 0) is 20.6 Å². The Bertz CT molecular complexity index is 666. The van der Waals surface area contributed by atoms with E-state index in [4.69, 9.17) is 0 Å². The molecule has 0 aliphatic heterocycles. The first-order chi connectivity index (χ1) is 7.58. The second kappa shape index (κ2) is 6.75. The molecule has 2 aliphatic rings. The Kier molecular flexibility index (Phi) is 6.34. The van der Waals surface area contributed by atoms with E-state index in [1.165, 1.54) is 24.3 Å². The van der Waals surface area contributed by atoms with Crippen molar-refractivity contribution in [3.63, 3.8) is 0 Å². The van der Waals surface area contributed by atoms with Crippen molar-refractivity contribution in [3.8, 4) is 0 Å². The number of rotatable bonds is 0. The molecule has 0 unspecified atom stereocenters. The topological polar surface area (TPSA) is 68.3 Å². The summed E-state index contributed by atoms with van der Waals surface area (Å²) in [6.45, 7) is 0. The minimum Gasteiger partial charge on any atom is -0.184 e. The number of halogens is 2. The van der Waals surface area contributed by atoms with Gasteiger partial charge in [-0.05, 0) is 35.5 Å². The molecular formula is C10H8Cl2O4S2. The fourth-order valence-corrected chi connectivity index (χ4v) is 2.21. The van der Waals surface area contributed by atoms with Crippen molar-refractivity contribution < 1.29 is 16.8 Å². The zero-order chi connectivity index (χ0) is 11.7. The van der Waals surface area contributed by atoms with Crippen molar-refractivity contribution in [2.45, 2.75) is 0 Å². The quantitative estimate of drug-likeness (QED) is 0.621. The lowest BCUT2D eigenvalue weighted by molar-refractivity contribution is 0.625. The highest BCUT2D eigenvalue weighted by molar-refractivity contribution is 7.74. The first-order valence-electron chi connectivity index (χ1n) is 4.30. The van der Waals surface area contributed by atoms with Gasteiger partial charge in [-0.1, -0.05) is 12.2 Å². The summed E-state index contributed by atoms with van der Waals surface area (Å²) in [6.07, 6.45) is 9.02. The molecule has 0 heterocycles. The average molecular weight is 327 g/mol. The largest absolute Gasteiger partial charge is 0.221 e. The average Bonchev–Trinajstić information content (AvgIpc) is 2.27. The molecule has 0 aromatic rings. The Morgan fingerprint density at radius 1 is 0.611 bits per heavy atom. The third kappa shape index (κ3) is 3.46. The highest BCUT2D eigenvalue weighted by Crippen LogP contribution is 2.21. The minimum atomic E-state index is -2.27. The van der Waals surface area contributed by atoms with Gasteiger partial charge in [0.1, 0.15) is 0 Å². The van der Waals surface area contributed by atoms with Crippen LogP contribution in [-0.4, -0.2) is 26.6 Å². The SMILES string of the molecule is Cl.Cl.O=S(=O)=C1C=CC2=CC(=S(=O)=O)C=CC2=C1. The van der Waals surface area contributed by atoms with Gasteiger partial charge < -0.3 is 0 Å². The maximum atomic E-state index is 10.7. The summed E-state index contributed by atoms with van der Waals surface area (Å²) in [6, 6.07) is 0. The Balaban J connectivity index is 0.00000144. The van der Waals surface area contributed by atoms with Crippen LogP contribution < -0.4 is 0 Å². The van der Waals surface area contributed by atoms with E-state index >= 15 is 0 Å². The van der Waals surface area contributed by atoms with Crippen LogP contribution in [0.4, 0.5) is 0 Å². The van der Waals surface area contributed by atoms with Crippen LogP contribution >= 0.6 is 24.8 Å². The minimum absolute atomic E-state index is 0. The second-order valence-electron chi connectivity index (χ2n) is 3.14. The van der Waals surface area contributed by atoms with Crippen molar-refractivity contribution in [2.75, 3.05) is 0 Å². The third-order valence-corrected chi connectivity index (χ3v) is 3.45. The first-order valence-corrected chi connectivity index (χ1v) is 6.45. The molecule has 8 heteroatoms. The number of hydrogen-bond donors (Lipinski definition) is 0. The predicted molar refractivity (Wildman–Crippen MR) is 76.8 cm³/mol. The Morgan fingerprint density at radius 2 is 0.944 bits per heavy atom. The summed E-state index contributed by atoms with van der Waals surface area (Å²) in [4.78, 5) is 0.368. The van der Waals surface area contributed by atoms with Crippen molar-refractivity contribution in [1.82, 2.24) is 0 Å². The van der Waals surface area contributed by atoms with E-state index in [0.29, 0.717) is 11.1 Å². The number of hydrogen-bond acceptors (Lipinski definition) is 4. The molecule has 0 N–H and O–H groups in total. The molecule has 0 radical (unpaired) electrons. The normalized spacial score (nSPS) is 15.8. The number of allylic oxidation sites excluding steroid dienone is 8. The maximum absolute atomic E-state index is 10.7. The lowest BCUT2D eigenvalue weighted by atomic mass is 9.95. The Labute approximate surface area is 119 Å². The first kappa shape index (κ1) is 16.9. The maximum Gasteiger partial charge on any atom is 0.221 e. The number of fused-ring (bicyclic) bond motifs is 1. The fourth-order valence-electron chi connectivity index (χ4n) is 1.41. The van der Waals surface area contributed by atoms with Crippen LogP contribution in [0.3, 0.4) is 0 Å². The van der Waals surface area contributed by atoms with E-state index in [2.05, 4.69) is 0 Å². The second-order valence-corrected chi connectivity index (χ2v) is 5.02. The summed E-state index contributed by atoms with van der Waals surface area (Å²) >= 11 is 0. The summed E-state index contributed by atoms with van der Waals surface area (Å²) in [7, 11) is -4.54. The van der Waals surface area contributed by atoms with Gasteiger partial charge in [0, 0.05) is 0 Å². The van der Waals surface area contributed by atoms with Crippen molar-refractivity contribution in [2.24, 2.45) is 0 Å². The van der Waals surface area contributed by atoms with Crippen LogP contribution in [0.15, 0.2) is 47.6 Å². The van der Waals surface area contributed by atoms with Gasteiger partial charge in [0.2, 0.25) is 20.6 Å². The molecule has 2 rings (SSSR count). The third-order valence-electron chi connectivity index (χ3n) is 2.17. The zero-order valence-corrected chi connectivity index (χ0v) is 12.0. The van der Waals surface area contributed by atoms with Crippen LogP contribution in [0.2, 0.25) is 0 Å². The lowest BCUT2D eigenvalue weighted by Gasteiger charge is -2.11. The van der Waals surface area contributed by atoms with E-state index in [1.54, 1.807) is 12.2 Å². The van der Waals surface area contributed by atoms with E-state index in [-0.39, 0.29) is 34.5 Å². The van der Waals surface area contributed by atoms with Gasteiger partial charge >= 0.3 is 0 Å². The van der Waals surface area contributed by atoms with Gasteiger partial charge in [0.15, 0.2) is 0 Å². The van der Waals surface area contributed by atoms with Gasteiger partial charge in [-0.15, -0.1) is 24.8 Å². The smallest absolute Gasteiger partial charge is 0.184 e. The highest BCUT2D eigenvalue weighted by atomic mass is 35.5. The standard InChI is InChI=1S/C10H6O4S2.2ClH/c11-15(12)9-3-1-7-5-10(16(13)14)4-2-8(7)6-9;;/h1-6H;2*1H. The van der Waals surface area contributed by atoms with E-state index in [1.807, 2.05) is 0 Å². The molecule has 98 valence electrons. The molecule has 0 fully saturated rings. The van der Waals surface area contributed by atoms with Crippen LogP contribution in [0.25, 0.3) is 0 Å².